The summed E-state index contributed by atoms with van der Waals surface area (Å²) in [6.07, 6.45) is 2.97. The topological polar surface area (TPSA) is 53.4 Å². The molecule has 5 heteroatoms. The lowest BCUT2D eigenvalue weighted by atomic mass is 9.82. The molecule has 0 saturated heterocycles. The van der Waals surface area contributed by atoms with E-state index in [2.05, 4.69) is 20.9 Å². The minimum absolute atomic E-state index is 0.384. The molecule has 0 saturated carbocycles. The van der Waals surface area contributed by atoms with Gasteiger partial charge in [0.25, 0.3) is 0 Å². The van der Waals surface area contributed by atoms with Crippen LogP contribution >= 0.6 is 15.9 Å². The second kappa shape index (κ2) is 3.14. The minimum Gasteiger partial charge on any atom is -0.423 e. The summed E-state index contributed by atoms with van der Waals surface area (Å²) in [4.78, 5) is 3.74. The van der Waals surface area contributed by atoms with E-state index in [4.69, 9.17) is 10.0 Å². The number of halogens is 1. The summed E-state index contributed by atoms with van der Waals surface area (Å²) < 4.78 is 0.734. The predicted molar refractivity (Wildman–Crippen MR) is 41.8 cm³/mol. The molecule has 0 bridgehead atoms. The first-order valence-electron chi connectivity index (χ1n) is 2.67. The highest BCUT2D eigenvalue weighted by molar-refractivity contribution is 9.10. The molecule has 1 rings (SSSR count). The van der Waals surface area contributed by atoms with Crippen LogP contribution in [0, 0.1) is 0 Å². The number of aromatic nitrogens is 1. The Hall–Kier alpha value is -0.385. The van der Waals surface area contributed by atoms with Gasteiger partial charge in [-0.05, 0) is 22.0 Å². The molecule has 1 aromatic rings. The second-order valence-electron chi connectivity index (χ2n) is 1.81. The molecule has 0 aliphatic carbocycles. The average molecular weight is 202 g/mol. The van der Waals surface area contributed by atoms with Gasteiger partial charge in [-0.3, -0.25) is 4.98 Å². The van der Waals surface area contributed by atoms with Crippen molar-refractivity contribution in [2.45, 2.75) is 0 Å². The highest BCUT2D eigenvalue weighted by Gasteiger charge is 2.10. The van der Waals surface area contributed by atoms with Crippen LogP contribution in [0.25, 0.3) is 0 Å². The maximum Gasteiger partial charge on any atom is 0.490 e. The minimum atomic E-state index is -1.44. The van der Waals surface area contributed by atoms with E-state index in [0.29, 0.717) is 5.46 Å². The molecule has 0 aliphatic heterocycles. The third-order valence-corrected chi connectivity index (χ3v) is 1.46. The lowest BCUT2D eigenvalue weighted by molar-refractivity contribution is 0.425. The first-order valence-corrected chi connectivity index (χ1v) is 3.46. The van der Waals surface area contributed by atoms with Crippen LogP contribution in [0.4, 0.5) is 0 Å². The molecule has 0 aromatic carbocycles. The highest BCUT2D eigenvalue weighted by Crippen LogP contribution is 2.02. The number of hydrogen-bond donors (Lipinski definition) is 2. The average Bonchev–Trinajstić information content (AvgIpc) is 1.88. The monoisotopic (exact) mass is 201 g/mol. The van der Waals surface area contributed by atoms with E-state index in [1.165, 1.54) is 6.20 Å². The van der Waals surface area contributed by atoms with Gasteiger partial charge < -0.3 is 10.0 Å². The lowest BCUT2D eigenvalue weighted by Gasteiger charge is -1.96. The lowest BCUT2D eigenvalue weighted by Crippen LogP contribution is -2.29. The van der Waals surface area contributed by atoms with Gasteiger partial charge in [-0.1, -0.05) is 0 Å². The summed E-state index contributed by atoms with van der Waals surface area (Å²) in [6, 6.07) is 1.59. The molecule has 0 atom stereocenters. The first kappa shape index (κ1) is 7.72. The Morgan fingerprint density at radius 1 is 1.40 bits per heavy atom. The maximum absolute atomic E-state index is 8.64. The summed E-state index contributed by atoms with van der Waals surface area (Å²) in [6.45, 7) is 0. The smallest absolute Gasteiger partial charge is 0.423 e. The van der Waals surface area contributed by atoms with Gasteiger partial charge >= 0.3 is 7.12 Å². The Balaban J connectivity index is 2.96. The predicted octanol–water partition coefficient (Wildman–Crippen LogP) is -0.476. The summed E-state index contributed by atoms with van der Waals surface area (Å²) in [5, 5.41) is 17.3. The standard InChI is InChI=1S/C5H5BBrNO2/c7-5-1-4(6(9)10)2-8-3-5/h1-3,9-10H. The molecule has 0 aliphatic rings. The number of rotatable bonds is 1. The third kappa shape index (κ3) is 1.80. The van der Waals surface area contributed by atoms with E-state index in [1.54, 1.807) is 12.3 Å². The largest absolute Gasteiger partial charge is 0.490 e. The van der Waals surface area contributed by atoms with Crippen LogP contribution in [0.3, 0.4) is 0 Å². The molecule has 0 unspecified atom stereocenters. The zero-order valence-electron chi connectivity index (χ0n) is 5.03. The zero-order chi connectivity index (χ0) is 7.56. The van der Waals surface area contributed by atoms with Crippen molar-refractivity contribution in [1.82, 2.24) is 4.98 Å². The fraction of sp³-hybridized carbons (Fsp3) is 0. The van der Waals surface area contributed by atoms with Crippen molar-refractivity contribution < 1.29 is 10.0 Å². The normalized spacial score (nSPS) is 9.50. The van der Waals surface area contributed by atoms with E-state index in [0.717, 1.165) is 4.47 Å². The van der Waals surface area contributed by atoms with Crippen LogP contribution in [0.5, 0.6) is 0 Å². The Morgan fingerprint density at radius 3 is 2.50 bits per heavy atom. The van der Waals surface area contributed by atoms with Crippen LogP contribution < -0.4 is 5.46 Å². The zero-order valence-corrected chi connectivity index (χ0v) is 6.62. The Labute approximate surface area is 67.0 Å². The van der Waals surface area contributed by atoms with Gasteiger partial charge in [0.1, 0.15) is 0 Å². The molecule has 3 nitrogen and oxygen atoms in total. The van der Waals surface area contributed by atoms with Crippen molar-refractivity contribution in [2.24, 2.45) is 0 Å². The molecule has 0 amide bonds. The van der Waals surface area contributed by atoms with Crippen molar-refractivity contribution in [1.29, 1.82) is 0 Å². The molecular weight excluding hydrogens is 197 g/mol. The Bertz CT molecular complexity index is 231. The molecular formula is C5H5BBrNO2. The van der Waals surface area contributed by atoms with Gasteiger partial charge in [-0.15, -0.1) is 0 Å². The van der Waals surface area contributed by atoms with Gasteiger partial charge in [-0.2, -0.15) is 0 Å². The van der Waals surface area contributed by atoms with Crippen LogP contribution in [0.1, 0.15) is 0 Å². The summed E-state index contributed by atoms with van der Waals surface area (Å²) >= 11 is 3.15. The van der Waals surface area contributed by atoms with Crippen molar-refractivity contribution in [2.75, 3.05) is 0 Å². The van der Waals surface area contributed by atoms with Gasteiger partial charge in [-0.25, -0.2) is 0 Å². The van der Waals surface area contributed by atoms with Crippen LogP contribution in [-0.4, -0.2) is 22.2 Å². The quantitative estimate of drug-likeness (QED) is 0.604. The molecule has 2 N–H and O–H groups in total. The summed E-state index contributed by atoms with van der Waals surface area (Å²) in [5.74, 6) is 0. The van der Waals surface area contributed by atoms with E-state index in [-0.39, 0.29) is 0 Å². The molecule has 0 fully saturated rings. The highest BCUT2D eigenvalue weighted by atomic mass is 79.9. The molecule has 10 heavy (non-hydrogen) atoms. The number of hydrogen-bond acceptors (Lipinski definition) is 3. The van der Waals surface area contributed by atoms with E-state index in [1.807, 2.05) is 0 Å². The van der Waals surface area contributed by atoms with Gasteiger partial charge in [0.05, 0.1) is 0 Å². The molecule has 52 valence electrons. The van der Waals surface area contributed by atoms with Gasteiger partial charge in [0.15, 0.2) is 0 Å². The number of nitrogens with zero attached hydrogens (tertiary/aromatic N) is 1. The van der Waals surface area contributed by atoms with Crippen molar-refractivity contribution >= 4 is 28.5 Å². The Morgan fingerprint density at radius 2 is 2.10 bits per heavy atom. The Kier molecular flexibility index (Phi) is 2.42. The van der Waals surface area contributed by atoms with E-state index < -0.39 is 7.12 Å². The fourth-order valence-electron chi connectivity index (χ4n) is 0.569. The molecule has 1 aromatic heterocycles. The second-order valence-corrected chi connectivity index (χ2v) is 2.73. The molecule has 0 radical (unpaired) electrons. The van der Waals surface area contributed by atoms with E-state index in [9.17, 15) is 0 Å². The van der Waals surface area contributed by atoms with E-state index >= 15 is 0 Å². The maximum atomic E-state index is 8.64. The van der Waals surface area contributed by atoms with Crippen molar-refractivity contribution in [3.63, 3.8) is 0 Å². The first-order chi connectivity index (χ1) is 4.70. The van der Waals surface area contributed by atoms with Crippen LogP contribution in [0.15, 0.2) is 22.9 Å². The number of pyridine rings is 1. The molecule has 1 heterocycles. The van der Waals surface area contributed by atoms with Crippen LogP contribution in [0.2, 0.25) is 0 Å². The van der Waals surface area contributed by atoms with Crippen molar-refractivity contribution in [3.05, 3.63) is 22.9 Å². The van der Waals surface area contributed by atoms with Crippen molar-refractivity contribution in [3.8, 4) is 0 Å². The van der Waals surface area contributed by atoms with Gasteiger partial charge in [0.2, 0.25) is 0 Å². The summed E-state index contributed by atoms with van der Waals surface area (Å²) in [5.41, 5.74) is 0.384. The SMILES string of the molecule is OB(O)c1cncc(Br)c1. The fourth-order valence-corrected chi connectivity index (χ4v) is 0.952. The summed E-state index contributed by atoms with van der Waals surface area (Å²) in [7, 11) is -1.44. The van der Waals surface area contributed by atoms with Gasteiger partial charge in [0, 0.05) is 22.3 Å². The molecule has 0 spiro atoms. The van der Waals surface area contributed by atoms with Crippen LogP contribution in [-0.2, 0) is 0 Å². The third-order valence-electron chi connectivity index (χ3n) is 1.02.